The average molecular weight is 270 g/mol. The normalized spacial score (nSPS) is 10.9. The molecule has 5 heteroatoms. The molecule has 2 heterocycles. The van der Waals surface area contributed by atoms with Gasteiger partial charge in [0, 0.05) is 31.2 Å². The van der Waals surface area contributed by atoms with Crippen LogP contribution < -0.4 is 0 Å². The highest BCUT2D eigenvalue weighted by Crippen LogP contribution is 2.23. The van der Waals surface area contributed by atoms with Crippen LogP contribution >= 0.6 is 0 Å². The van der Waals surface area contributed by atoms with Gasteiger partial charge in [0.05, 0.1) is 18.3 Å². The number of nitrogens with zero attached hydrogens (tertiary/aromatic N) is 4. The van der Waals surface area contributed by atoms with E-state index in [2.05, 4.69) is 10.1 Å². The zero-order valence-corrected chi connectivity index (χ0v) is 11.4. The van der Waals surface area contributed by atoms with Crippen LogP contribution in [0.15, 0.2) is 43.0 Å². The number of aromatic nitrogens is 4. The van der Waals surface area contributed by atoms with Gasteiger partial charge in [0.1, 0.15) is 11.6 Å². The van der Waals surface area contributed by atoms with Gasteiger partial charge < -0.3 is 4.57 Å². The molecule has 2 aromatic heterocycles. The van der Waals surface area contributed by atoms with E-state index in [9.17, 15) is 4.39 Å². The van der Waals surface area contributed by atoms with Gasteiger partial charge in [-0.05, 0) is 19.1 Å². The Morgan fingerprint density at radius 2 is 2.15 bits per heavy atom. The average Bonchev–Trinajstić information content (AvgIpc) is 3.02. The second-order valence-electron chi connectivity index (χ2n) is 4.88. The molecule has 0 unspecified atom stereocenters. The van der Waals surface area contributed by atoms with Gasteiger partial charge in [0.25, 0.3) is 0 Å². The summed E-state index contributed by atoms with van der Waals surface area (Å²) in [4.78, 5) is 4.29. The van der Waals surface area contributed by atoms with Crippen molar-refractivity contribution < 1.29 is 4.39 Å². The third kappa shape index (κ3) is 2.34. The Bertz CT molecular complexity index is 742. The highest BCUT2D eigenvalue weighted by atomic mass is 19.1. The lowest BCUT2D eigenvalue weighted by Gasteiger charge is -2.08. The van der Waals surface area contributed by atoms with E-state index in [0.29, 0.717) is 17.9 Å². The van der Waals surface area contributed by atoms with E-state index in [1.54, 1.807) is 23.1 Å². The second kappa shape index (κ2) is 4.92. The third-order valence-electron chi connectivity index (χ3n) is 3.19. The molecule has 0 aliphatic carbocycles. The van der Waals surface area contributed by atoms with Gasteiger partial charge in [-0.1, -0.05) is 11.6 Å². The molecular weight excluding hydrogens is 255 g/mol. The monoisotopic (exact) mass is 270 g/mol. The van der Waals surface area contributed by atoms with Gasteiger partial charge in [-0.3, -0.25) is 4.68 Å². The fraction of sp³-hybridized carbons (Fsp3) is 0.200. The fourth-order valence-electron chi connectivity index (χ4n) is 2.24. The van der Waals surface area contributed by atoms with Gasteiger partial charge in [-0.25, -0.2) is 9.37 Å². The zero-order chi connectivity index (χ0) is 14.1. The fourth-order valence-corrected chi connectivity index (χ4v) is 2.24. The molecule has 0 spiro atoms. The Hall–Kier alpha value is -2.43. The van der Waals surface area contributed by atoms with Gasteiger partial charge in [0.2, 0.25) is 0 Å². The topological polar surface area (TPSA) is 35.6 Å². The van der Waals surface area contributed by atoms with E-state index in [-0.39, 0.29) is 5.82 Å². The van der Waals surface area contributed by atoms with Crippen LogP contribution in [0.1, 0.15) is 11.1 Å². The zero-order valence-electron chi connectivity index (χ0n) is 11.4. The van der Waals surface area contributed by atoms with Crippen LogP contribution in [-0.4, -0.2) is 19.3 Å². The molecule has 0 fully saturated rings. The number of hydrogen-bond donors (Lipinski definition) is 0. The minimum atomic E-state index is -0.255. The molecule has 0 aliphatic heterocycles. The highest BCUT2D eigenvalue weighted by Gasteiger charge is 2.12. The summed E-state index contributed by atoms with van der Waals surface area (Å²) in [5.74, 6) is 0.379. The standard InChI is InChI=1S/C15H15FN4/c1-11-3-4-14(16)13(7-11)15-17-5-6-20(15)10-12-8-18-19(2)9-12/h3-9H,10H2,1-2H3. The van der Waals surface area contributed by atoms with Crippen molar-refractivity contribution in [1.82, 2.24) is 19.3 Å². The van der Waals surface area contributed by atoms with Crippen molar-refractivity contribution in [3.63, 3.8) is 0 Å². The molecule has 0 saturated heterocycles. The van der Waals surface area contributed by atoms with Crippen molar-refractivity contribution in [2.45, 2.75) is 13.5 Å². The molecule has 4 nitrogen and oxygen atoms in total. The number of benzene rings is 1. The van der Waals surface area contributed by atoms with E-state index >= 15 is 0 Å². The lowest BCUT2D eigenvalue weighted by atomic mass is 10.1. The van der Waals surface area contributed by atoms with Crippen LogP contribution in [0, 0.1) is 12.7 Å². The minimum absolute atomic E-state index is 0.255. The van der Waals surface area contributed by atoms with Crippen molar-refractivity contribution in [3.8, 4) is 11.4 Å². The maximum atomic E-state index is 14.0. The Balaban J connectivity index is 1.99. The van der Waals surface area contributed by atoms with Crippen LogP contribution in [-0.2, 0) is 13.6 Å². The molecule has 3 aromatic rings. The van der Waals surface area contributed by atoms with E-state index in [0.717, 1.165) is 11.1 Å². The van der Waals surface area contributed by atoms with Gasteiger partial charge in [-0.2, -0.15) is 5.10 Å². The Morgan fingerprint density at radius 1 is 1.30 bits per heavy atom. The summed E-state index contributed by atoms with van der Waals surface area (Å²) in [5.41, 5.74) is 2.59. The predicted octanol–water partition coefficient (Wildman–Crippen LogP) is 2.78. The maximum absolute atomic E-state index is 14.0. The van der Waals surface area contributed by atoms with Crippen LogP contribution in [0.25, 0.3) is 11.4 Å². The summed E-state index contributed by atoms with van der Waals surface area (Å²) >= 11 is 0. The first kappa shape index (κ1) is 12.6. The first-order valence-electron chi connectivity index (χ1n) is 6.38. The molecule has 0 saturated carbocycles. The van der Waals surface area contributed by atoms with E-state index in [1.165, 1.54) is 6.07 Å². The first-order chi connectivity index (χ1) is 9.63. The number of imidazole rings is 1. The Morgan fingerprint density at radius 3 is 2.90 bits per heavy atom. The molecule has 20 heavy (non-hydrogen) atoms. The second-order valence-corrected chi connectivity index (χ2v) is 4.88. The largest absolute Gasteiger partial charge is 0.326 e. The molecule has 0 radical (unpaired) electrons. The summed E-state index contributed by atoms with van der Waals surface area (Å²) in [7, 11) is 1.87. The quantitative estimate of drug-likeness (QED) is 0.733. The van der Waals surface area contributed by atoms with E-state index < -0.39 is 0 Å². The molecule has 0 atom stereocenters. The highest BCUT2D eigenvalue weighted by molar-refractivity contribution is 5.57. The molecular formula is C15H15FN4. The molecule has 3 rings (SSSR count). The molecule has 0 N–H and O–H groups in total. The van der Waals surface area contributed by atoms with Crippen molar-refractivity contribution in [2.75, 3.05) is 0 Å². The molecule has 1 aromatic carbocycles. The summed E-state index contributed by atoms with van der Waals surface area (Å²) in [5, 5.41) is 4.14. The van der Waals surface area contributed by atoms with Crippen molar-refractivity contribution in [3.05, 3.63) is 59.9 Å². The summed E-state index contributed by atoms with van der Waals surface area (Å²) in [6.45, 7) is 2.56. The SMILES string of the molecule is Cc1ccc(F)c(-c2nccn2Cc2cnn(C)c2)c1. The lowest BCUT2D eigenvalue weighted by molar-refractivity contribution is 0.627. The molecule has 0 bridgehead atoms. The number of hydrogen-bond acceptors (Lipinski definition) is 2. The van der Waals surface area contributed by atoms with Crippen molar-refractivity contribution in [1.29, 1.82) is 0 Å². The van der Waals surface area contributed by atoms with Gasteiger partial charge >= 0.3 is 0 Å². The van der Waals surface area contributed by atoms with Gasteiger partial charge in [-0.15, -0.1) is 0 Å². The Labute approximate surface area is 116 Å². The van der Waals surface area contributed by atoms with Crippen molar-refractivity contribution >= 4 is 0 Å². The number of rotatable bonds is 3. The van der Waals surface area contributed by atoms with Crippen molar-refractivity contribution in [2.24, 2.45) is 7.05 Å². The van der Waals surface area contributed by atoms with E-state index in [1.807, 2.05) is 37.0 Å². The van der Waals surface area contributed by atoms with Crippen LogP contribution in [0.5, 0.6) is 0 Å². The lowest BCUT2D eigenvalue weighted by Crippen LogP contribution is -2.02. The molecule has 0 aliphatic rings. The van der Waals surface area contributed by atoms with Crippen LogP contribution in [0.3, 0.4) is 0 Å². The van der Waals surface area contributed by atoms with Crippen LogP contribution in [0.2, 0.25) is 0 Å². The molecule has 0 amide bonds. The molecule has 102 valence electrons. The summed E-state index contributed by atoms with van der Waals surface area (Å²) in [6, 6.07) is 5.05. The third-order valence-corrected chi connectivity index (χ3v) is 3.19. The van der Waals surface area contributed by atoms with Crippen LogP contribution in [0.4, 0.5) is 4.39 Å². The minimum Gasteiger partial charge on any atom is -0.326 e. The number of halogens is 1. The Kier molecular flexibility index (Phi) is 3.10. The summed E-state index contributed by atoms with van der Waals surface area (Å²) < 4.78 is 17.7. The summed E-state index contributed by atoms with van der Waals surface area (Å²) in [6.07, 6.45) is 7.28. The number of aryl methyl sites for hydroxylation is 2. The smallest absolute Gasteiger partial charge is 0.143 e. The van der Waals surface area contributed by atoms with E-state index in [4.69, 9.17) is 0 Å². The maximum Gasteiger partial charge on any atom is 0.143 e. The van der Waals surface area contributed by atoms with Gasteiger partial charge in [0.15, 0.2) is 0 Å². The first-order valence-corrected chi connectivity index (χ1v) is 6.38. The predicted molar refractivity (Wildman–Crippen MR) is 74.7 cm³/mol.